The predicted octanol–water partition coefficient (Wildman–Crippen LogP) is 3.49. The number of hydrogen-bond acceptors (Lipinski definition) is 2. The van der Waals surface area contributed by atoms with Crippen LogP contribution < -0.4 is 5.32 Å². The molecule has 18 heavy (non-hydrogen) atoms. The van der Waals surface area contributed by atoms with Gasteiger partial charge in [-0.2, -0.15) is 0 Å². The Balaban J connectivity index is 2.17. The molecule has 1 aromatic heterocycles. The molecule has 0 amide bonds. The lowest BCUT2D eigenvalue weighted by Crippen LogP contribution is -2.20. The third-order valence-corrected chi connectivity index (χ3v) is 3.25. The highest BCUT2D eigenvalue weighted by Gasteiger charge is 2.11. The molecule has 0 spiro atoms. The molecule has 1 atom stereocenters. The molecule has 0 aliphatic carbocycles. The van der Waals surface area contributed by atoms with E-state index in [-0.39, 0.29) is 11.9 Å². The zero-order valence-corrected chi connectivity index (χ0v) is 11.6. The van der Waals surface area contributed by atoms with Gasteiger partial charge in [-0.05, 0) is 59.2 Å². The fourth-order valence-electron chi connectivity index (χ4n) is 1.85. The number of benzene rings is 1. The van der Waals surface area contributed by atoms with Crippen LogP contribution in [-0.2, 0) is 6.42 Å². The molecular weight excluding hydrogens is 295 g/mol. The maximum Gasteiger partial charge on any atom is 0.123 e. The molecule has 4 heteroatoms. The van der Waals surface area contributed by atoms with Crippen molar-refractivity contribution in [2.45, 2.75) is 12.5 Å². The maximum atomic E-state index is 13.1. The molecule has 1 aromatic carbocycles. The van der Waals surface area contributed by atoms with Crippen LogP contribution in [0.15, 0.2) is 47.1 Å². The first-order valence-corrected chi connectivity index (χ1v) is 6.51. The zero-order valence-electron chi connectivity index (χ0n) is 10.0. The Bertz CT molecular complexity index is 513. The number of hydrogen-bond donors (Lipinski definition) is 1. The van der Waals surface area contributed by atoms with Gasteiger partial charge in [0.1, 0.15) is 5.82 Å². The van der Waals surface area contributed by atoms with Gasteiger partial charge in [-0.3, -0.25) is 4.98 Å². The lowest BCUT2D eigenvalue weighted by atomic mass is 10.0. The predicted molar refractivity (Wildman–Crippen MR) is 73.8 cm³/mol. The fourth-order valence-corrected chi connectivity index (χ4v) is 2.08. The third-order valence-electron chi connectivity index (χ3n) is 2.78. The van der Waals surface area contributed by atoms with E-state index in [1.165, 1.54) is 6.07 Å². The van der Waals surface area contributed by atoms with Crippen LogP contribution in [0, 0.1) is 5.82 Å². The van der Waals surface area contributed by atoms with E-state index in [1.54, 1.807) is 18.3 Å². The number of pyridine rings is 1. The zero-order chi connectivity index (χ0) is 13.0. The summed E-state index contributed by atoms with van der Waals surface area (Å²) in [5.74, 6) is -0.203. The number of aromatic nitrogens is 1. The molecule has 0 saturated carbocycles. The summed E-state index contributed by atoms with van der Waals surface area (Å²) in [4.78, 5) is 4.36. The molecule has 2 nitrogen and oxygen atoms in total. The summed E-state index contributed by atoms with van der Waals surface area (Å²) in [5.41, 5.74) is 1.91. The average molecular weight is 309 g/mol. The van der Waals surface area contributed by atoms with Crippen molar-refractivity contribution in [1.29, 1.82) is 0 Å². The average Bonchev–Trinajstić information content (AvgIpc) is 2.37. The fraction of sp³-hybridized carbons (Fsp3) is 0.214. The summed E-state index contributed by atoms with van der Waals surface area (Å²) >= 11 is 3.36. The Morgan fingerprint density at radius 3 is 2.78 bits per heavy atom. The second kappa shape index (κ2) is 6.07. The van der Waals surface area contributed by atoms with E-state index < -0.39 is 0 Å². The topological polar surface area (TPSA) is 24.9 Å². The van der Waals surface area contributed by atoms with Crippen LogP contribution in [0.2, 0.25) is 0 Å². The molecule has 0 aliphatic rings. The van der Waals surface area contributed by atoms with Gasteiger partial charge in [0.2, 0.25) is 0 Å². The normalized spacial score (nSPS) is 12.4. The van der Waals surface area contributed by atoms with Crippen molar-refractivity contribution >= 4 is 15.9 Å². The molecule has 0 aliphatic heterocycles. The summed E-state index contributed by atoms with van der Waals surface area (Å²) in [6.07, 6.45) is 2.48. The highest BCUT2D eigenvalue weighted by atomic mass is 79.9. The Morgan fingerprint density at radius 2 is 2.17 bits per heavy atom. The Kier molecular flexibility index (Phi) is 4.44. The van der Waals surface area contributed by atoms with Crippen molar-refractivity contribution in [1.82, 2.24) is 10.3 Å². The molecule has 1 heterocycles. The van der Waals surface area contributed by atoms with E-state index in [0.29, 0.717) is 6.42 Å². The maximum absolute atomic E-state index is 13.1. The Labute approximate surface area is 114 Å². The van der Waals surface area contributed by atoms with Crippen LogP contribution in [0.25, 0.3) is 0 Å². The van der Waals surface area contributed by atoms with Crippen molar-refractivity contribution in [3.63, 3.8) is 0 Å². The molecule has 94 valence electrons. The number of nitrogens with zero attached hydrogens (tertiary/aromatic N) is 1. The van der Waals surface area contributed by atoms with Gasteiger partial charge in [0, 0.05) is 10.7 Å². The molecule has 0 fully saturated rings. The molecule has 2 rings (SSSR count). The van der Waals surface area contributed by atoms with Crippen molar-refractivity contribution in [2.24, 2.45) is 0 Å². The number of rotatable bonds is 4. The first kappa shape index (κ1) is 13.2. The molecule has 0 radical (unpaired) electrons. The van der Waals surface area contributed by atoms with Gasteiger partial charge in [0.05, 0.1) is 11.7 Å². The summed E-state index contributed by atoms with van der Waals surface area (Å²) < 4.78 is 14.1. The van der Waals surface area contributed by atoms with Gasteiger partial charge < -0.3 is 5.32 Å². The van der Waals surface area contributed by atoms with Gasteiger partial charge >= 0.3 is 0 Å². The van der Waals surface area contributed by atoms with E-state index in [9.17, 15) is 4.39 Å². The molecule has 0 saturated heterocycles. The lowest BCUT2D eigenvalue weighted by molar-refractivity contribution is 0.570. The van der Waals surface area contributed by atoms with Crippen molar-refractivity contribution in [3.8, 4) is 0 Å². The minimum absolute atomic E-state index is 0.0832. The van der Waals surface area contributed by atoms with Gasteiger partial charge in [-0.15, -0.1) is 0 Å². The van der Waals surface area contributed by atoms with Crippen LogP contribution in [0.5, 0.6) is 0 Å². The van der Waals surface area contributed by atoms with E-state index in [0.717, 1.165) is 15.7 Å². The van der Waals surface area contributed by atoms with Crippen molar-refractivity contribution in [2.75, 3.05) is 7.05 Å². The van der Waals surface area contributed by atoms with Crippen LogP contribution in [-0.4, -0.2) is 12.0 Å². The second-order valence-electron chi connectivity index (χ2n) is 4.08. The van der Waals surface area contributed by atoms with Crippen LogP contribution in [0.3, 0.4) is 0 Å². The highest BCUT2D eigenvalue weighted by Crippen LogP contribution is 2.18. The smallest absolute Gasteiger partial charge is 0.123 e. The van der Waals surface area contributed by atoms with Crippen molar-refractivity contribution < 1.29 is 4.39 Å². The van der Waals surface area contributed by atoms with Crippen molar-refractivity contribution in [3.05, 3.63) is 64.1 Å². The number of halogens is 2. The number of nitrogens with one attached hydrogen (secondary N) is 1. The minimum atomic E-state index is -0.203. The third kappa shape index (κ3) is 3.37. The Morgan fingerprint density at radius 1 is 1.33 bits per heavy atom. The summed E-state index contributed by atoms with van der Waals surface area (Å²) in [5, 5.41) is 3.21. The van der Waals surface area contributed by atoms with Gasteiger partial charge in [0.25, 0.3) is 0 Å². The molecule has 0 bridgehead atoms. The van der Waals surface area contributed by atoms with E-state index >= 15 is 0 Å². The quantitative estimate of drug-likeness (QED) is 0.935. The summed E-state index contributed by atoms with van der Waals surface area (Å²) in [6, 6.07) is 10.7. The molecule has 1 unspecified atom stereocenters. The van der Waals surface area contributed by atoms with E-state index in [1.807, 2.05) is 25.2 Å². The summed E-state index contributed by atoms with van der Waals surface area (Å²) in [7, 11) is 1.88. The molecule has 2 aromatic rings. The lowest BCUT2D eigenvalue weighted by Gasteiger charge is -2.15. The largest absolute Gasteiger partial charge is 0.311 e. The van der Waals surface area contributed by atoms with E-state index in [2.05, 4.69) is 26.2 Å². The Hall–Kier alpha value is -1.26. The molecule has 1 N–H and O–H groups in total. The second-order valence-corrected chi connectivity index (χ2v) is 4.99. The number of likely N-dealkylation sites (N-methyl/N-ethyl adjacent to an activating group) is 1. The van der Waals surface area contributed by atoms with Gasteiger partial charge in [0.15, 0.2) is 0 Å². The highest BCUT2D eigenvalue weighted by molar-refractivity contribution is 9.10. The van der Waals surface area contributed by atoms with Gasteiger partial charge in [-0.25, -0.2) is 4.39 Å². The SMILES string of the molecule is CNC(Cc1cccc(F)c1)c1ccc(Br)cn1. The van der Waals surface area contributed by atoms with E-state index in [4.69, 9.17) is 0 Å². The van der Waals surface area contributed by atoms with Gasteiger partial charge in [-0.1, -0.05) is 12.1 Å². The monoisotopic (exact) mass is 308 g/mol. The first-order chi connectivity index (χ1) is 8.69. The van der Waals surface area contributed by atoms with Crippen LogP contribution in [0.1, 0.15) is 17.3 Å². The van der Waals surface area contributed by atoms with Crippen LogP contribution >= 0.6 is 15.9 Å². The first-order valence-electron chi connectivity index (χ1n) is 5.72. The minimum Gasteiger partial charge on any atom is -0.311 e. The molecular formula is C14H14BrFN2. The van der Waals surface area contributed by atoms with Crippen LogP contribution in [0.4, 0.5) is 4.39 Å². The standard InChI is InChI=1S/C14H14BrFN2/c1-17-14(13-6-5-11(15)9-18-13)8-10-3-2-4-12(16)7-10/h2-7,9,14,17H,8H2,1H3. The summed E-state index contributed by atoms with van der Waals surface area (Å²) in [6.45, 7) is 0.